The van der Waals surface area contributed by atoms with Crippen LogP contribution in [0.25, 0.3) is 0 Å². The fourth-order valence-electron chi connectivity index (χ4n) is 3.54. The van der Waals surface area contributed by atoms with Gasteiger partial charge in [0.2, 0.25) is 5.91 Å². The van der Waals surface area contributed by atoms with Gasteiger partial charge in [0, 0.05) is 42.8 Å². The summed E-state index contributed by atoms with van der Waals surface area (Å²) in [6, 6.07) is 6.57. The highest BCUT2D eigenvalue weighted by atomic mass is 16.6. The number of carbonyl (C=O) groups is 4. The second-order valence-electron chi connectivity index (χ2n) is 10.6. The summed E-state index contributed by atoms with van der Waals surface area (Å²) >= 11 is 0. The maximum atomic E-state index is 13.0. The topological polar surface area (TPSA) is 117 Å². The predicted molar refractivity (Wildman–Crippen MR) is 130 cm³/mol. The predicted octanol–water partition coefficient (Wildman–Crippen LogP) is 2.71. The number of carbonyl (C=O) groups excluding carboxylic acids is 4. The maximum Gasteiger partial charge on any atom is 0.407 e. The van der Waals surface area contributed by atoms with E-state index >= 15 is 0 Å². The summed E-state index contributed by atoms with van der Waals surface area (Å²) in [6.45, 7) is 12.5. The Hall–Kier alpha value is -3.10. The first-order chi connectivity index (χ1) is 15.7. The molecule has 2 rings (SSSR count). The monoisotopic (exact) mass is 474 g/mol. The summed E-state index contributed by atoms with van der Waals surface area (Å²) in [5.41, 5.74) is 0.0445. The highest BCUT2D eigenvalue weighted by Gasteiger charge is 2.29. The second-order valence-corrected chi connectivity index (χ2v) is 10.6. The molecule has 3 N–H and O–H groups in total. The van der Waals surface area contributed by atoms with E-state index in [1.807, 2.05) is 20.8 Å². The second kappa shape index (κ2) is 11.4. The molecule has 34 heavy (non-hydrogen) atoms. The quantitative estimate of drug-likeness (QED) is 0.548. The Morgan fingerprint density at radius 2 is 1.53 bits per heavy atom. The Balaban J connectivity index is 1.84. The Morgan fingerprint density at radius 1 is 0.941 bits per heavy atom. The van der Waals surface area contributed by atoms with Crippen molar-refractivity contribution in [2.24, 2.45) is 5.92 Å². The van der Waals surface area contributed by atoms with E-state index < -0.39 is 11.7 Å². The van der Waals surface area contributed by atoms with Gasteiger partial charge in [-0.05, 0) is 78.6 Å². The van der Waals surface area contributed by atoms with Gasteiger partial charge in [0.05, 0.1) is 5.92 Å². The van der Waals surface area contributed by atoms with Crippen molar-refractivity contribution in [3.05, 3.63) is 35.4 Å². The van der Waals surface area contributed by atoms with Crippen LogP contribution in [0, 0.1) is 5.92 Å². The molecule has 188 valence electrons. The van der Waals surface area contributed by atoms with E-state index in [1.54, 1.807) is 49.9 Å². The lowest BCUT2D eigenvalue weighted by molar-refractivity contribution is -0.126. The lowest BCUT2D eigenvalue weighted by Gasteiger charge is -2.32. The zero-order valence-corrected chi connectivity index (χ0v) is 21.1. The molecular weight excluding hydrogens is 436 g/mol. The molecular formula is C25H38N4O5. The lowest BCUT2D eigenvalue weighted by Crippen LogP contribution is -2.46. The molecule has 0 aliphatic carbocycles. The molecule has 1 fully saturated rings. The van der Waals surface area contributed by atoms with Crippen LogP contribution in [-0.4, -0.2) is 66.0 Å². The number of benzene rings is 1. The number of rotatable bonds is 6. The summed E-state index contributed by atoms with van der Waals surface area (Å²) in [5.74, 6) is -0.803. The van der Waals surface area contributed by atoms with Crippen LogP contribution < -0.4 is 16.0 Å². The third-order valence-corrected chi connectivity index (χ3v) is 5.05. The van der Waals surface area contributed by atoms with Gasteiger partial charge in [-0.1, -0.05) is 0 Å². The molecule has 1 aromatic rings. The SMILES string of the molecule is CC(C)(C)NC(=O)c1ccc(C(=O)N2CCCC(C(=O)NCCNC(=O)OC(C)(C)C)C2)cc1. The largest absolute Gasteiger partial charge is 0.444 e. The van der Waals surface area contributed by atoms with E-state index in [-0.39, 0.29) is 42.3 Å². The summed E-state index contributed by atoms with van der Waals surface area (Å²) in [7, 11) is 0. The summed E-state index contributed by atoms with van der Waals surface area (Å²) in [5, 5.41) is 8.31. The minimum absolute atomic E-state index is 0.141. The lowest BCUT2D eigenvalue weighted by atomic mass is 9.96. The van der Waals surface area contributed by atoms with E-state index in [9.17, 15) is 19.2 Å². The van der Waals surface area contributed by atoms with Gasteiger partial charge in [-0.25, -0.2) is 4.79 Å². The normalized spacial score (nSPS) is 16.4. The van der Waals surface area contributed by atoms with Gasteiger partial charge in [0.1, 0.15) is 5.60 Å². The summed E-state index contributed by atoms with van der Waals surface area (Å²) < 4.78 is 5.16. The molecule has 1 saturated heterocycles. The van der Waals surface area contributed by atoms with E-state index in [1.165, 1.54) is 0 Å². The third kappa shape index (κ3) is 9.03. The van der Waals surface area contributed by atoms with Crippen LogP contribution in [-0.2, 0) is 9.53 Å². The van der Waals surface area contributed by atoms with Crippen LogP contribution in [0.4, 0.5) is 4.79 Å². The van der Waals surface area contributed by atoms with Crippen molar-refractivity contribution in [2.75, 3.05) is 26.2 Å². The Bertz CT molecular complexity index is 884. The van der Waals surface area contributed by atoms with Crippen molar-refractivity contribution >= 4 is 23.8 Å². The molecule has 0 spiro atoms. The van der Waals surface area contributed by atoms with E-state index in [4.69, 9.17) is 4.74 Å². The van der Waals surface area contributed by atoms with Gasteiger partial charge in [-0.2, -0.15) is 0 Å². The van der Waals surface area contributed by atoms with Crippen molar-refractivity contribution < 1.29 is 23.9 Å². The molecule has 1 heterocycles. The number of nitrogens with one attached hydrogen (secondary N) is 3. The molecule has 1 aliphatic rings. The molecule has 1 unspecified atom stereocenters. The van der Waals surface area contributed by atoms with E-state index in [0.717, 1.165) is 6.42 Å². The summed E-state index contributed by atoms with van der Waals surface area (Å²) in [4.78, 5) is 51.2. The van der Waals surface area contributed by atoms with E-state index in [2.05, 4.69) is 16.0 Å². The Kier molecular flexibility index (Phi) is 9.06. The highest BCUT2D eigenvalue weighted by Crippen LogP contribution is 2.19. The van der Waals surface area contributed by atoms with Gasteiger partial charge in [-0.15, -0.1) is 0 Å². The summed E-state index contributed by atoms with van der Waals surface area (Å²) in [6.07, 6.45) is 0.894. The number of piperidine rings is 1. The fourth-order valence-corrected chi connectivity index (χ4v) is 3.54. The first-order valence-corrected chi connectivity index (χ1v) is 11.7. The number of nitrogens with zero attached hydrogens (tertiary/aromatic N) is 1. The molecule has 9 heteroatoms. The molecule has 0 bridgehead atoms. The molecule has 9 nitrogen and oxygen atoms in total. The smallest absolute Gasteiger partial charge is 0.407 e. The van der Waals surface area contributed by atoms with Crippen molar-refractivity contribution in [2.45, 2.75) is 65.5 Å². The zero-order valence-electron chi connectivity index (χ0n) is 21.1. The molecule has 0 aromatic heterocycles. The first kappa shape index (κ1) is 27.1. The first-order valence-electron chi connectivity index (χ1n) is 11.7. The average Bonchev–Trinajstić information content (AvgIpc) is 2.74. The molecule has 0 saturated carbocycles. The van der Waals surface area contributed by atoms with Crippen LogP contribution in [0.2, 0.25) is 0 Å². The number of likely N-dealkylation sites (tertiary alicyclic amines) is 1. The van der Waals surface area contributed by atoms with Gasteiger partial charge < -0.3 is 25.6 Å². The van der Waals surface area contributed by atoms with Crippen molar-refractivity contribution in [3.63, 3.8) is 0 Å². The average molecular weight is 475 g/mol. The molecule has 1 atom stereocenters. The number of ether oxygens (including phenoxy) is 1. The highest BCUT2D eigenvalue weighted by molar-refractivity contribution is 5.98. The zero-order chi connectivity index (χ0) is 25.5. The van der Waals surface area contributed by atoms with Crippen molar-refractivity contribution in [1.29, 1.82) is 0 Å². The van der Waals surface area contributed by atoms with Gasteiger partial charge in [0.15, 0.2) is 0 Å². The Morgan fingerprint density at radius 3 is 2.12 bits per heavy atom. The van der Waals surface area contributed by atoms with E-state index in [0.29, 0.717) is 30.6 Å². The minimum atomic E-state index is -0.579. The fraction of sp³-hybridized carbons (Fsp3) is 0.600. The van der Waals surface area contributed by atoms with Crippen LogP contribution in [0.5, 0.6) is 0 Å². The number of alkyl carbamates (subject to hydrolysis) is 1. The minimum Gasteiger partial charge on any atom is -0.444 e. The van der Waals surface area contributed by atoms with Gasteiger partial charge >= 0.3 is 6.09 Å². The number of amides is 4. The van der Waals surface area contributed by atoms with Crippen molar-refractivity contribution in [1.82, 2.24) is 20.9 Å². The number of hydrogen-bond acceptors (Lipinski definition) is 5. The van der Waals surface area contributed by atoms with Crippen molar-refractivity contribution in [3.8, 4) is 0 Å². The van der Waals surface area contributed by atoms with Gasteiger partial charge in [-0.3, -0.25) is 14.4 Å². The van der Waals surface area contributed by atoms with Crippen LogP contribution in [0.3, 0.4) is 0 Å². The van der Waals surface area contributed by atoms with Gasteiger partial charge in [0.25, 0.3) is 11.8 Å². The Labute approximate surface area is 202 Å². The number of hydrogen-bond donors (Lipinski definition) is 3. The standard InChI is InChI=1S/C25H38N4O5/c1-24(2,3)28-21(31)17-9-11-18(12-10-17)22(32)29-15-7-8-19(16-29)20(30)26-13-14-27-23(33)34-25(4,5)6/h9-12,19H,7-8,13-16H2,1-6H3,(H,26,30)(H,27,33)(H,28,31). The molecule has 4 amide bonds. The van der Waals surface area contributed by atoms with Crippen LogP contribution in [0.15, 0.2) is 24.3 Å². The molecule has 1 aromatic carbocycles. The maximum absolute atomic E-state index is 13.0. The van der Waals surface area contributed by atoms with Crippen LogP contribution >= 0.6 is 0 Å². The molecule has 0 radical (unpaired) electrons. The van der Waals surface area contributed by atoms with Crippen LogP contribution in [0.1, 0.15) is 75.1 Å². The third-order valence-electron chi connectivity index (χ3n) is 5.05. The molecule has 1 aliphatic heterocycles.